The highest BCUT2D eigenvalue weighted by atomic mass is 16.2. The van der Waals surface area contributed by atoms with E-state index in [1.54, 1.807) is 0 Å². The topological polar surface area (TPSA) is 53.7 Å². The van der Waals surface area contributed by atoms with Crippen LogP contribution in [0.2, 0.25) is 0 Å². The summed E-state index contributed by atoms with van der Waals surface area (Å²) in [5.74, 6) is 0.989. The van der Waals surface area contributed by atoms with Crippen molar-refractivity contribution < 1.29 is 4.79 Å². The van der Waals surface area contributed by atoms with Gasteiger partial charge in [0.2, 0.25) is 0 Å². The van der Waals surface area contributed by atoms with Gasteiger partial charge in [0, 0.05) is 32.0 Å². The molecule has 4 heterocycles. The number of hydrogen-bond acceptors (Lipinski definition) is 4. The molecule has 0 unspecified atom stereocenters. The number of carbonyl (C=O) groups is 1. The highest BCUT2D eigenvalue weighted by Gasteiger charge is 2.32. The molecule has 0 aromatic carbocycles. The number of pyridine rings is 2. The first-order valence-electron chi connectivity index (χ1n) is 10.6. The fourth-order valence-corrected chi connectivity index (χ4v) is 4.28. The molecule has 6 nitrogen and oxygen atoms in total. The Morgan fingerprint density at radius 2 is 2.07 bits per heavy atom. The van der Waals surface area contributed by atoms with E-state index in [1.165, 1.54) is 0 Å². The predicted molar refractivity (Wildman–Crippen MR) is 114 cm³/mol. The lowest BCUT2D eigenvalue weighted by atomic mass is 10.2. The minimum atomic E-state index is 0.0265. The second kappa shape index (κ2) is 8.74. The quantitative estimate of drug-likeness (QED) is 0.612. The van der Waals surface area contributed by atoms with E-state index in [0.717, 1.165) is 55.9 Å². The smallest absolute Gasteiger partial charge is 0.274 e. The molecule has 1 atom stereocenters. The van der Waals surface area contributed by atoms with E-state index in [1.807, 2.05) is 54.5 Å². The molecule has 6 heteroatoms. The van der Waals surface area contributed by atoms with Crippen molar-refractivity contribution in [2.45, 2.75) is 45.7 Å². The summed E-state index contributed by atoms with van der Waals surface area (Å²) in [5.41, 5.74) is 2.53. The molecule has 1 fully saturated rings. The standard InChI is InChI=1S/C23H29N5O/c1-3-14-26(4-2)23(29)21-19-11-6-8-16-28(19)22(25-21)20-12-9-15-27(20)17-18-10-5-7-13-24-18/h5-8,10-11,13,16,20H,3-4,9,12,14-15,17H2,1-2H3/t20-/m1/s1. The van der Waals surface area contributed by atoms with Crippen LogP contribution in [0.25, 0.3) is 5.52 Å². The second-order valence-corrected chi connectivity index (χ2v) is 7.61. The van der Waals surface area contributed by atoms with Crippen LogP contribution in [-0.2, 0) is 6.54 Å². The van der Waals surface area contributed by atoms with Gasteiger partial charge in [-0.3, -0.25) is 14.7 Å². The molecule has 0 aliphatic carbocycles. The van der Waals surface area contributed by atoms with Crippen LogP contribution in [0.3, 0.4) is 0 Å². The van der Waals surface area contributed by atoms with Crippen molar-refractivity contribution in [2.75, 3.05) is 19.6 Å². The lowest BCUT2D eigenvalue weighted by molar-refractivity contribution is 0.0760. The third-order valence-corrected chi connectivity index (χ3v) is 5.69. The lowest BCUT2D eigenvalue weighted by Crippen LogP contribution is -2.32. The molecule has 1 aliphatic rings. The van der Waals surface area contributed by atoms with Gasteiger partial charge in [0.05, 0.1) is 17.3 Å². The summed E-state index contributed by atoms with van der Waals surface area (Å²) in [6.07, 6.45) is 6.98. The van der Waals surface area contributed by atoms with Crippen LogP contribution >= 0.6 is 0 Å². The van der Waals surface area contributed by atoms with E-state index in [2.05, 4.69) is 27.3 Å². The Bertz CT molecular complexity index is 968. The highest BCUT2D eigenvalue weighted by molar-refractivity contribution is 5.99. The second-order valence-electron chi connectivity index (χ2n) is 7.61. The number of fused-ring (bicyclic) bond motifs is 1. The van der Waals surface area contributed by atoms with Gasteiger partial charge in [-0.2, -0.15) is 0 Å². The zero-order valence-corrected chi connectivity index (χ0v) is 17.3. The number of nitrogens with zero attached hydrogens (tertiary/aromatic N) is 5. The number of likely N-dealkylation sites (tertiary alicyclic amines) is 1. The Labute approximate surface area is 172 Å². The van der Waals surface area contributed by atoms with Crippen LogP contribution in [0, 0.1) is 0 Å². The zero-order chi connectivity index (χ0) is 20.2. The van der Waals surface area contributed by atoms with E-state index >= 15 is 0 Å². The first-order valence-corrected chi connectivity index (χ1v) is 10.6. The first-order chi connectivity index (χ1) is 14.2. The molecule has 152 valence electrons. The SMILES string of the molecule is CCCN(CC)C(=O)c1nc([C@H]2CCCN2Cc2ccccn2)n2ccccc12. The summed E-state index contributed by atoms with van der Waals surface area (Å²) in [6.45, 7) is 7.39. The summed E-state index contributed by atoms with van der Waals surface area (Å²) in [5, 5.41) is 0. The van der Waals surface area contributed by atoms with Crippen molar-refractivity contribution in [3.05, 3.63) is 66.0 Å². The molecule has 0 radical (unpaired) electrons. The number of hydrogen-bond donors (Lipinski definition) is 0. The van der Waals surface area contributed by atoms with Crippen LogP contribution in [-0.4, -0.2) is 49.7 Å². The minimum Gasteiger partial charge on any atom is -0.338 e. The molecular formula is C23H29N5O. The summed E-state index contributed by atoms with van der Waals surface area (Å²) in [7, 11) is 0. The number of rotatable bonds is 7. The number of carbonyl (C=O) groups excluding carboxylic acids is 1. The number of imidazole rings is 1. The fraction of sp³-hybridized carbons (Fsp3) is 0.435. The van der Waals surface area contributed by atoms with Crippen LogP contribution < -0.4 is 0 Å². The largest absolute Gasteiger partial charge is 0.338 e. The van der Waals surface area contributed by atoms with E-state index in [9.17, 15) is 4.79 Å². The highest BCUT2D eigenvalue weighted by Crippen LogP contribution is 2.33. The van der Waals surface area contributed by atoms with Crippen molar-refractivity contribution in [1.82, 2.24) is 24.2 Å². The van der Waals surface area contributed by atoms with Crippen LogP contribution in [0.4, 0.5) is 0 Å². The Hall–Kier alpha value is -2.73. The molecule has 1 aliphatic heterocycles. The Balaban J connectivity index is 1.69. The third-order valence-electron chi connectivity index (χ3n) is 5.69. The average Bonchev–Trinajstić information content (AvgIpc) is 3.36. The van der Waals surface area contributed by atoms with Gasteiger partial charge >= 0.3 is 0 Å². The Kier molecular flexibility index (Phi) is 5.90. The van der Waals surface area contributed by atoms with Gasteiger partial charge in [-0.25, -0.2) is 4.98 Å². The van der Waals surface area contributed by atoms with Crippen molar-refractivity contribution in [3.8, 4) is 0 Å². The van der Waals surface area contributed by atoms with E-state index in [0.29, 0.717) is 12.2 Å². The molecule has 0 spiro atoms. The summed E-state index contributed by atoms with van der Waals surface area (Å²) in [6, 6.07) is 12.2. The van der Waals surface area contributed by atoms with Crippen molar-refractivity contribution in [1.29, 1.82) is 0 Å². The van der Waals surface area contributed by atoms with E-state index in [-0.39, 0.29) is 11.9 Å². The normalized spacial score (nSPS) is 17.1. The van der Waals surface area contributed by atoms with E-state index < -0.39 is 0 Å². The summed E-state index contributed by atoms with van der Waals surface area (Å²) < 4.78 is 2.11. The van der Waals surface area contributed by atoms with Gasteiger partial charge in [0.25, 0.3) is 5.91 Å². The molecule has 0 saturated carbocycles. The molecule has 3 aromatic rings. The third kappa shape index (κ3) is 3.90. The number of aromatic nitrogens is 3. The Morgan fingerprint density at radius 3 is 2.83 bits per heavy atom. The maximum Gasteiger partial charge on any atom is 0.274 e. The average molecular weight is 392 g/mol. The predicted octanol–water partition coefficient (Wildman–Crippen LogP) is 3.94. The van der Waals surface area contributed by atoms with Gasteiger partial charge in [-0.15, -0.1) is 0 Å². The molecule has 1 amide bonds. The summed E-state index contributed by atoms with van der Waals surface area (Å²) >= 11 is 0. The van der Waals surface area contributed by atoms with Crippen LogP contribution in [0.15, 0.2) is 48.8 Å². The van der Waals surface area contributed by atoms with Crippen LogP contribution in [0.1, 0.15) is 61.2 Å². The van der Waals surface area contributed by atoms with E-state index in [4.69, 9.17) is 4.98 Å². The first kappa shape index (κ1) is 19.6. The molecule has 29 heavy (non-hydrogen) atoms. The van der Waals surface area contributed by atoms with Crippen LogP contribution in [0.5, 0.6) is 0 Å². The molecular weight excluding hydrogens is 362 g/mol. The molecule has 4 rings (SSSR count). The van der Waals surface area contributed by atoms with Gasteiger partial charge in [-0.05, 0) is 57.0 Å². The van der Waals surface area contributed by atoms with Crippen molar-refractivity contribution in [3.63, 3.8) is 0 Å². The molecule has 0 N–H and O–H groups in total. The maximum atomic E-state index is 13.2. The van der Waals surface area contributed by atoms with Gasteiger partial charge < -0.3 is 9.30 Å². The van der Waals surface area contributed by atoms with Gasteiger partial charge in [0.1, 0.15) is 5.82 Å². The summed E-state index contributed by atoms with van der Waals surface area (Å²) in [4.78, 5) is 26.9. The molecule has 0 bridgehead atoms. The lowest BCUT2D eigenvalue weighted by Gasteiger charge is -2.23. The zero-order valence-electron chi connectivity index (χ0n) is 17.3. The van der Waals surface area contributed by atoms with Crippen molar-refractivity contribution >= 4 is 11.4 Å². The monoisotopic (exact) mass is 391 g/mol. The van der Waals surface area contributed by atoms with Crippen molar-refractivity contribution in [2.24, 2.45) is 0 Å². The minimum absolute atomic E-state index is 0.0265. The van der Waals surface area contributed by atoms with Gasteiger partial charge in [-0.1, -0.05) is 19.1 Å². The number of amides is 1. The molecule has 3 aromatic heterocycles. The van der Waals surface area contributed by atoms with Gasteiger partial charge in [0.15, 0.2) is 5.69 Å². The maximum absolute atomic E-state index is 13.2. The fourth-order valence-electron chi connectivity index (χ4n) is 4.28. The molecule has 1 saturated heterocycles. The Morgan fingerprint density at radius 1 is 1.21 bits per heavy atom.